The van der Waals surface area contributed by atoms with Gasteiger partial charge >= 0.3 is 23.9 Å². The fourth-order valence-corrected chi connectivity index (χ4v) is 10.4. The van der Waals surface area contributed by atoms with E-state index in [4.69, 9.17) is 109 Å². The number of hydrogen-bond acceptors (Lipinski definition) is 12. The Morgan fingerprint density at radius 3 is 0.736 bits per heavy atom. The van der Waals surface area contributed by atoms with Crippen LogP contribution >= 0.6 is 69.6 Å². The number of halogens is 6. The number of ether oxygens (including phenoxy) is 4. The zero-order chi connectivity index (χ0) is 51.5. The molecule has 6 aromatic rings. The molecule has 2 aliphatic heterocycles. The molecule has 6 aromatic carbocycles. The minimum atomic E-state index is -2.24. The van der Waals surface area contributed by atoms with Gasteiger partial charge in [-0.05, 0) is 100 Å². The topological polar surface area (TPSA) is 155 Å². The van der Waals surface area contributed by atoms with Crippen LogP contribution in [-0.2, 0) is 30.3 Å². The standard InChI is InChI=1S/C54H40Cl6N4O8/c1-5-69-49(65)33-17-9-29(10-18-33)45-46(30-11-19-34(20-12-30)50(66)70-6-2)62-53(61-45,43-39(57)25-37(55)26-40(43)58)54(44-41(59)27-38(56)28-42(44)60)63-47(31-13-21-35(22-14-31)51(67)71-7-3)48(64-54)32-15-23-36(24-16-32)52(68)72-8-4/h9-28H,5-8H2,1-4H3. The SMILES string of the molecule is CCOC(=O)c1ccc(C2=NC(c3c(Cl)cc(Cl)cc3Cl)(C3(c4c(Cl)cc(Cl)cc4Cl)N=C(c4ccc(C(=O)OCC)cc4)C(c4ccc(C(=O)OCC)cc4)=N3)N=C2c2ccc(C(=O)OCC)cc2)cc1. The second-order valence-corrected chi connectivity index (χ2v) is 18.4. The van der Waals surface area contributed by atoms with Gasteiger partial charge < -0.3 is 18.9 Å². The molecule has 0 unspecified atom stereocenters. The van der Waals surface area contributed by atoms with Crippen molar-refractivity contribution in [3.05, 3.63) is 207 Å². The zero-order valence-electron chi connectivity index (χ0n) is 38.7. The Hall–Kier alpha value is -6.38. The van der Waals surface area contributed by atoms with Crippen molar-refractivity contribution in [3.63, 3.8) is 0 Å². The van der Waals surface area contributed by atoms with Crippen molar-refractivity contribution in [2.24, 2.45) is 20.0 Å². The lowest BCUT2D eigenvalue weighted by Crippen LogP contribution is -2.44. The molecule has 0 aliphatic carbocycles. The number of benzene rings is 6. The van der Waals surface area contributed by atoms with Gasteiger partial charge in [-0.2, -0.15) is 0 Å². The van der Waals surface area contributed by atoms with Crippen molar-refractivity contribution in [1.29, 1.82) is 0 Å². The number of esters is 4. The third-order valence-corrected chi connectivity index (χ3v) is 13.0. The van der Waals surface area contributed by atoms with E-state index < -0.39 is 35.2 Å². The molecule has 0 fully saturated rings. The summed E-state index contributed by atoms with van der Waals surface area (Å²) in [5.41, 5.74) is -0.508. The highest BCUT2D eigenvalue weighted by Crippen LogP contribution is 2.60. The molecule has 18 heteroatoms. The van der Waals surface area contributed by atoms with Crippen molar-refractivity contribution >= 4 is 116 Å². The first-order valence-corrected chi connectivity index (χ1v) is 24.7. The highest BCUT2D eigenvalue weighted by atomic mass is 35.5. The molecule has 0 spiro atoms. The Morgan fingerprint density at radius 2 is 0.556 bits per heavy atom. The maximum atomic E-state index is 12.9. The first-order valence-electron chi connectivity index (χ1n) is 22.4. The Morgan fingerprint density at radius 1 is 0.361 bits per heavy atom. The summed E-state index contributed by atoms with van der Waals surface area (Å²) in [4.78, 5) is 74.1. The first kappa shape index (κ1) is 52.0. The summed E-state index contributed by atoms with van der Waals surface area (Å²) in [7, 11) is 0. The molecule has 0 atom stereocenters. The fourth-order valence-electron chi connectivity index (χ4n) is 8.26. The van der Waals surface area contributed by atoms with Gasteiger partial charge in [0.25, 0.3) is 0 Å². The summed E-state index contributed by atoms with van der Waals surface area (Å²) in [6.45, 7) is 7.46. The smallest absolute Gasteiger partial charge is 0.338 e. The normalized spacial score (nSPS) is 14.4. The average Bonchev–Trinajstić information content (AvgIpc) is 3.96. The van der Waals surface area contributed by atoms with Crippen LogP contribution in [0, 0.1) is 0 Å². The molecule has 12 nitrogen and oxygen atoms in total. The second-order valence-electron chi connectivity index (χ2n) is 15.9. The van der Waals surface area contributed by atoms with Gasteiger partial charge in [0.2, 0.25) is 11.3 Å². The Labute approximate surface area is 444 Å². The van der Waals surface area contributed by atoms with Crippen molar-refractivity contribution in [1.82, 2.24) is 0 Å². The molecule has 0 radical (unpaired) electrons. The number of carbonyl (C=O) groups excluding carboxylic acids is 4. The minimum absolute atomic E-state index is 0.00511. The van der Waals surface area contributed by atoms with Gasteiger partial charge in [0.05, 0.1) is 91.6 Å². The Balaban J connectivity index is 1.54. The second kappa shape index (κ2) is 21.8. The van der Waals surface area contributed by atoms with Gasteiger partial charge in [-0.15, -0.1) is 0 Å². The van der Waals surface area contributed by atoms with E-state index in [1.165, 1.54) is 24.3 Å². The highest BCUT2D eigenvalue weighted by molar-refractivity contribution is 6.56. The Kier molecular flexibility index (Phi) is 15.7. The highest BCUT2D eigenvalue weighted by Gasteiger charge is 2.63. The molecule has 2 aliphatic rings. The lowest BCUT2D eigenvalue weighted by Gasteiger charge is -2.40. The first-order chi connectivity index (χ1) is 34.6. The van der Waals surface area contributed by atoms with E-state index in [0.717, 1.165) is 0 Å². The number of hydrogen-bond donors (Lipinski definition) is 0. The van der Waals surface area contributed by atoms with Gasteiger partial charge in [-0.1, -0.05) is 118 Å². The third kappa shape index (κ3) is 9.92. The van der Waals surface area contributed by atoms with Crippen LogP contribution < -0.4 is 0 Å². The molecule has 0 bridgehead atoms. The summed E-state index contributed by atoms with van der Waals surface area (Å²) >= 11 is 42.8. The van der Waals surface area contributed by atoms with E-state index in [1.807, 2.05) is 0 Å². The van der Waals surface area contributed by atoms with Gasteiger partial charge in [0, 0.05) is 43.4 Å². The van der Waals surface area contributed by atoms with Crippen LogP contribution in [0.1, 0.15) is 103 Å². The number of aliphatic imine (C=N–C) groups is 4. The van der Waals surface area contributed by atoms with Crippen molar-refractivity contribution in [3.8, 4) is 0 Å². The van der Waals surface area contributed by atoms with Gasteiger partial charge in [-0.3, -0.25) is 0 Å². The van der Waals surface area contributed by atoms with Gasteiger partial charge in [-0.25, -0.2) is 39.1 Å². The van der Waals surface area contributed by atoms with E-state index in [-0.39, 0.29) is 113 Å². The minimum Gasteiger partial charge on any atom is -0.462 e. The molecule has 8 rings (SSSR count). The molecule has 0 saturated carbocycles. The van der Waals surface area contributed by atoms with E-state index in [1.54, 1.807) is 125 Å². The maximum absolute atomic E-state index is 12.9. The van der Waals surface area contributed by atoms with Crippen LogP contribution in [0.3, 0.4) is 0 Å². The van der Waals surface area contributed by atoms with E-state index >= 15 is 0 Å². The number of nitrogens with zero attached hydrogens (tertiary/aromatic N) is 4. The molecule has 0 N–H and O–H groups in total. The van der Waals surface area contributed by atoms with Gasteiger partial charge in [0.1, 0.15) is 0 Å². The van der Waals surface area contributed by atoms with Crippen molar-refractivity contribution in [2.45, 2.75) is 39.0 Å². The van der Waals surface area contributed by atoms with Crippen molar-refractivity contribution in [2.75, 3.05) is 26.4 Å². The summed E-state index contributed by atoms with van der Waals surface area (Å²) in [5.74, 6) is -2.16. The lowest BCUT2D eigenvalue weighted by molar-refractivity contribution is 0.0516. The van der Waals surface area contributed by atoms with Crippen LogP contribution in [0.4, 0.5) is 0 Å². The molecule has 72 heavy (non-hydrogen) atoms. The van der Waals surface area contributed by atoms with Crippen LogP contribution in [-0.4, -0.2) is 73.2 Å². The summed E-state index contributed by atoms with van der Waals surface area (Å²) in [6.07, 6.45) is 0. The molecule has 366 valence electrons. The predicted octanol–water partition coefficient (Wildman–Crippen LogP) is 13.3. The summed E-state index contributed by atoms with van der Waals surface area (Å²) < 4.78 is 21.2. The molecule has 0 aromatic heterocycles. The van der Waals surface area contributed by atoms with Crippen molar-refractivity contribution < 1.29 is 38.1 Å². The van der Waals surface area contributed by atoms with Crippen LogP contribution in [0.25, 0.3) is 0 Å². The zero-order valence-corrected chi connectivity index (χ0v) is 43.2. The summed E-state index contributed by atoms with van der Waals surface area (Å²) in [5, 5.41) is 0.339. The van der Waals surface area contributed by atoms with E-state index in [9.17, 15) is 19.2 Å². The van der Waals surface area contributed by atoms with E-state index in [2.05, 4.69) is 0 Å². The predicted molar refractivity (Wildman–Crippen MR) is 282 cm³/mol. The van der Waals surface area contributed by atoms with E-state index in [0.29, 0.717) is 22.3 Å². The molecular formula is C54H40Cl6N4O8. The molecule has 0 amide bonds. The largest absolute Gasteiger partial charge is 0.462 e. The monoisotopic (exact) mass is 1080 g/mol. The summed E-state index contributed by atoms with van der Waals surface area (Å²) in [6, 6.07) is 32.0. The fraction of sp³-hybridized carbons (Fsp3) is 0.185. The lowest BCUT2D eigenvalue weighted by atomic mass is 9.81. The maximum Gasteiger partial charge on any atom is 0.338 e. The average molecular weight is 1090 g/mol. The number of carbonyl (C=O) groups is 4. The third-order valence-electron chi connectivity index (χ3n) is 11.4. The van der Waals surface area contributed by atoms with Gasteiger partial charge in [0.15, 0.2) is 0 Å². The molecule has 0 saturated heterocycles. The molecule has 2 heterocycles. The van der Waals surface area contributed by atoms with Crippen LogP contribution in [0.2, 0.25) is 30.1 Å². The number of rotatable bonds is 15. The molecular weight excluding hydrogens is 1050 g/mol. The Bertz CT molecular complexity index is 2850. The van der Waals surface area contributed by atoms with Crippen LogP contribution in [0.15, 0.2) is 141 Å². The quantitative estimate of drug-likeness (QED) is 0.0727. The van der Waals surface area contributed by atoms with Crippen LogP contribution in [0.5, 0.6) is 0 Å².